The summed E-state index contributed by atoms with van der Waals surface area (Å²) in [5, 5.41) is 13.6. The monoisotopic (exact) mass is 420 g/mol. The molecule has 4 aliphatic carbocycles. The summed E-state index contributed by atoms with van der Waals surface area (Å²) >= 11 is 1.52. The van der Waals surface area contributed by atoms with Crippen molar-refractivity contribution >= 4 is 33.1 Å². The Kier molecular flexibility index (Phi) is 4.10. The summed E-state index contributed by atoms with van der Waals surface area (Å²) in [5.41, 5.74) is 1.76. The first-order valence-corrected chi connectivity index (χ1v) is 11.7. The van der Waals surface area contributed by atoms with Gasteiger partial charge in [0, 0.05) is 16.2 Å². The van der Waals surface area contributed by atoms with Gasteiger partial charge in [-0.3, -0.25) is 9.59 Å². The zero-order valence-electron chi connectivity index (χ0n) is 16.7. The molecule has 0 spiro atoms. The fraction of sp³-hybridized carbons (Fsp3) is 0.478. The van der Waals surface area contributed by atoms with E-state index in [4.69, 9.17) is 4.98 Å². The number of amides is 1. The summed E-state index contributed by atoms with van der Waals surface area (Å²) in [6, 6.07) is 7.23. The number of thiazole rings is 1. The van der Waals surface area contributed by atoms with Crippen LogP contribution in [0.3, 0.4) is 0 Å². The minimum absolute atomic E-state index is 0.101. The summed E-state index contributed by atoms with van der Waals surface area (Å²) < 4.78 is 0. The molecular formula is C23H24N4O2S. The van der Waals surface area contributed by atoms with E-state index in [-0.39, 0.29) is 23.3 Å². The molecular weight excluding hydrogens is 396 g/mol. The topological polar surface area (TPSA) is 87.7 Å². The lowest BCUT2D eigenvalue weighted by Crippen LogP contribution is -2.48. The largest absolute Gasteiger partial charge is 0.302 e. The summed E-state index contributed by atoms with van der Waals surface area (Å²) in [4.78, 5) is 29.5. The first-order chi connectivity index (χ1) is 14.6. The van der Waals surface area contributed by atoms with Crippen LogP contribution in [0.15, 0.2) is 34.4 Å². The van der Waals surface area contributed by atoms with Gasteiger partial charge in [-0.2, -0.15) is 5.10 Å². The van der Waals surface area contributed by atoms with Gasteiger partial charge in [0.05, 0.1) is 23.2 Å². The highest BCUT2D eigenvalue weighted by atomic mass is 32.1. The van der Waals surface area contributed by atoms with Crippen molar-refractivity contribution in [2.75, 3.05) is 5.32 Å². The average molecular weight is 421 g/mol. The zero-order valence-corrected chi connectivity index (χ0v) is 17.5. The first kappa shape index (κ1) is 18.2. The lowest BCUT2D eigenvalue weighted by atomic mass is 9.49. The number of carbonyl (C=O) groups excluding carboxylic acids is 1. The Morgan fingerprint density at radius 2 is 1.77 bits per heavy atom. The van der Waals surface area contributed by atoms with E-state index < -0.39 is 0 Å². The fourth-order valence-corrected chi connectivity index (χ4v) is 7.47. The standard InChI is InChI=1S/C23H24N4O2S/c28-20(8-18-16-3-1-2-4-17(16)21(29)27-26-18)25-22-24-19(12-30-22)23-9-13-5-14(10-23)7-15(6-13)11-23/h1-4,12-15H,5-11H2,(H,27,29)(H,24,25,28). The third-order valence-corrected chi connectivity index (χ3v) is 8.19. The van der Waals surface area contributed by atoms with Gasteiger partial charge in [-0.05, 0) is 62.3 Å². The van der Waals surface area contributed by atoms with Crippen LogP contribution < -0.4 is 10.9 Å². The lowest BCUT2D eigenvalue weighted by Gasteiger charge is -2.56. The molecule has 1 aromatic carbocycles. The molecule has 4 saturated carbocycles. The quantitative estimate of drug-likeness (QED) is 0.667. The highest BCUT2D eigenvalue weighted by Crippen LogP contribution is 2.60. The Morgan fingerprint density at radius 3 is 2.47 bits per heavy atom. The first-order valence-electron chi connectivity index (χ1n) is 10.8. The van der Waals surface area contributed by atoms with Crippen LogP contribution >= 0.6 is 11.3 Å². The van der Waals surface area contributed by atoms with Crippen LogP contribution in [0.2, 0.25) is 0 Å². The number of fused-ring (bicyclic) bond motifs is 1. The average Bonchev–Trinajstić information content (AvgIpc) is 3.19. The Balaban J connectivity index is 1.20. The summed E-state index contributed by atoms with van der Waals surface area (Å²) in [7, 11) is 0. The van der Waals surface area contributed by atoms with Gasteiger partial charge in [0.1, 0.15) is 0 Å². The minimum Gasteiger partial charge on any atom is -0.302 e. The molecule has 7 heteroatoms. The van der Waals surface area contributed by atoms with Crippen LogP contribution in [-0.2, 0) is 16.6 Å². The van der Waals surface area contributed by atoms with Crippen LogP contribution in [0.1, 0.15) is 49.9 Å². The van der Waals surface area contributed by atoms with E-state index in [9.17, 15) is 9.59 Å². The number of nitrogens with one attached hydrogen (secondary N) is 2. The van der Waals surface area contributed by atoms with E-state index in [0.717, 1.165) is 17.8 Å². The van der Waals surface area contributed by atoms with Gasteiger partial charge in [-0.25, -0.2) is 10.1 Å². The number of H-pyrrole nitrogens is 1. The maximum absolute atomic E-state index is 12.7. The number of anilines is 1. The molecule has 30 heavy (non-hydrogen) atoms. The van der Waals surface area contributed by atoms with Crippen LogP contribution in [0, 0.1) is 17.8 Å². The molecule has 4 fully saturated rings. The molecule has 0 radical (unpaired) electrons. The molecule has 0 unspecified atom stereocenters. The zero-order chi connectivity index (χ0) is 20.3. The summed E-state index contributed by atoms with van der Waals surface area (Å²) in [6.45, 7) is 0. The van der Waals surface area contributed by atoms with Crippen LogP contribution in [0.25, 0.3) is 10.8 Å². The molecule has 4 aliphatic rings. The fourth-order valence-electron chi connectivity index (χ4n) is 6.62. The van der Waals surface area contributed by atoms with E-state index in [1.165, 1.54) is 55.6 Å². The van der Waals surface area contributed by atoms with E-state index in [2.05, 4.69) is 20.9 Å². The maximum atomic E-state index is 12.7. The normalized spacial score (nSPS) is 29.4. The SMILES string of the molecule is O=C(Cc1n[nH]c(=O)c2ccccc12)Nc1nc(C23CC4CC(CC(C4)C2)C3)cs1. The summed E-state index contributed by atoms with van der Waals surface area (Å²) in [6.07, 6.45) is 8.13. The number of rotatable bonds is 4. The second-order valence-corrected chi connectivity index (χ2v) is 10.4. The minimum atomic E-state index is -0.241. The molecule has 0 aliphatic heterocycles. The highest BCUT2D eigenvalue weighted by molar-refractivity contribution is 7.13. The molecule has 3 aromatic rings. The Labute approximate surface area is 178 Å². The molecule has 1 amide bonds. The smallest absolute Gasteiger partial charge is 0.272 e. The van der Waals surface area contributed by atoms with Crippen molar-refractivity contribution in [1.29, 1.82) is 0 Å². The number of aromatic nitrogens is 3. The number of hydrogen-bond donors (Lipinski definition) is 2. The molecule has 4 bridgehead atoms. The van der Waals surface area contributed by atoms with Crippen molar-refractivity contribution < 1.29 is 4.79 Å². The van der Waals surface area contributed by atoms with Gasteiger partial charge in [0.25, 0.3) is 5.56 Å². The van der Waals surface area contributed by atoms with Gasteiger partial charge < -0.3 is 5.32 Å². The van der Waals surface area contributed by atoms with Gasteiger partial charge in [-0.15, -0.1) is 11.3 Å². The Morgan fingerprint density at radius 1 is 1.10 bits per heavy atom. The Bertz CT molecular complexity index is 1160. The lowest BCUT2D eigenvalue weighted by molar-refractivity contribution is -0.115. The Hall–Kier alpha value is -2.54. The molecule has 154 valence electrons. The van der Waals surface area contributed by atoms with Gasteiger partial charge in [0.15, 0.2) is 5.13 Å². The van der Waals surface area contributed by atoms with Crippen molar-refractivity contribution in [3.8, 4) is 0 Å². The van der Waals surface area contributed by atoms with Crippen LogP contribution in [0.5, 0.6) is 0 Å². The van der Waals surface area contributed by atoms with Gasteiger partial charge >= 0.3 is 0 Å². The van der Waals surface area contributed by atoms with Crippen molar-refractivity contribution in [3.63, 3.8) is 0 Å². The molecule has 2 N–H and O–H groups in total. The highest BCUT2D eigenvalue weighted by Gasteiger charge is 2.52. The number of carbonyl (C=O) groups is 1. The van der Waals surface area contributed by atoms with Crippen molar-refractivity contribution in [2.24, 2.45) is 17.8 Å². The number of benzene rings is 1. The molecule has 0 saturated heterocycles. The molecule has 2 heterocycles. The summed E-state index contributed by atoms with van der Waals surface area (Å²) in [5.74, 6) is 2.45. The molecule has 7 rings (SSSR count). The van der Waals surface area contributed by atoms with Gasteiger partial charge in [0.2, 0.25) is 5.91 Å². The van der Waals surface area contributed by atoms with Crippen molar-refractivity contribution in [1.82, 2.24) is 15.2 Å². The predicted molar refractivity (Wildman–Crippen MR) is 117 cm³/mol. The molecule has 2 aromatic heterocycles. The van der Waals surface area contributed by atoms with Crippen molar-refractivity contribution in [3.05, 3.63) is 51.4 Å². The van der Waals surface area contributed by atoms with E-state index in [1.807, 2.05) is 18.2 Å². The number of aromatic amines is 1. The second kappa shape index (κ2) is 6.74. The van der Waals surface area contributed by atoms with Gasteiger partial charge in [-0.1, -0.05) is 18.2 Å². The number of nitrogens with zero attached hydrogens (tertiary/aromatic N) is 2. The maximum Gasteiger partial charge on any atom is 0.272 e. The van der Waals surface area contributed by atoms with E-state index in [1.54, 1.807) is 6.07 Å². The predicted octanol–water partition coefficient (Wildman–Crippen LogP) is 4.03. The molecule has 0 atom stereocenters. The second-order valence-electron chi connectivity index (χ2n) is 9.51. The number of hydrogen-bond acceptors (Lipinski definition) is 5. The van der Waals surface area contributed by atoms with E-state index >= 15 is 0 Å². The van der Waals surface area contributed by atoms with Crippen LogP contribution in [0.4, 0.5) is 5.13 Å². The molecule has 6 nitrogen and oxygen atoms in total. The third kappa shape index (κ3) is 2.98. The van der Waals surface area contributed by atoms with E-state index in [0.29, 0.717) is 21.6 Å². The third-order valence-electron chi connectivity index (χ3n) is 7.44. The van der Waals surface area contributed by atoms with Crippen LogP contribution in [-0.4, -0.2) is 21.1 Å². The van der Waals surface area contributed by atoms with Crippen molar-refractivity contribution in [2.45, 2.75) is 50.4 Å².